The van der Waals surface area contributed by atoms with Gasteiger partial charge in [-0.1, -0.05) is 24.3 Å². The number of phenols is 1. The van der Waals surface area contributed by atoms with E-state index in [1.807, 2.05) is 61.5 Å². The fraction of sp³-hybridized carbons (Fsp3) is 0.0714. The highest BCUT2D eigenvalue weighted by Crippen LogP contribution is 2.32. The number of H-pyrrole nitrogens is 1. The van der Waals surface area contributed by atoms with Gasteiger partial charge in [-0.2, -0.15) is 0 Å². The average Bonchev–Trinajstić information content (AvgIpc) is 3.28. The van der Waals surface area contributed by atoms with Gasteiger partial charge in [-0.15, -0.1) is 0 Å². The lowest BCUT2D eigenvalue weighted by Crippen LogP contribution is -2.29. The standard InChI is InChI=1S/C28H22FN3O2/c1-17-12-19(23-7-4-5-11-30-23)14-20(13-17)28(34)32-27(22-16-21(29)9-10-26(22)33)25-15-18-6-2-3-8-24(18)31-25/h2-16,27,31,33H,1H3,(H,32,34). The van der Waals surface area contributed by atoms with E-state index in [9.17, 15) is 14.3 Å². The van der Waals surface area contributed by atoms with Crippen LogP contribution in [0.15, 0.2) is 91.1 Å². The Kier molecular flexibility index (Phi) is 5.55. The van der Waals surface area contributed by atoms with Crippen molar-refractivity contribution in [1.29, 1.82) is 0 Å². The number of aromatic hydroxyl groups is 1. The molecule has 0 aliphatic carbocycles. The highest BCUT2D eigenvalue weighted by atomic mass is 19.1. The molecule has 5 nitrogen and oxygen atoms in total. The van der Waals surface area contributed by atoms with E-state index in [0.29, 0.717) is 11.3 Å². The maximum Gasteiger partial charge on any atom is 0.252 e. The molecule has 5 aromatic rings. The highest BCUT2D eigenvalue weighted by molar-refractivity contribution is 5.96. The molecule has 0 bridgehead atoms. The second kappa shape index (κ2) is 8.83. The summed E-state index contributed by atoms with van der Waals surface area (Å²) in [6, 6.07) is 23.6. The third kappa shape index (κ3) is 4.26. The van der Waals surface area contributed by atoms with Crippen molar-refractivity contribution in [3.8, 4) is 17.0 Å². The van der Waals surface area contributed by atoms with Crippen molar-refractivity contribution in [3.05, 3.63) is 119 Å². The summed E-state index contributed by atoms with van der Waals surface area (Å²) in [6.45, 7) is 1.91. The molecule has 1 unspecified atom stereocenters. The van der Waals surface area contributed by atoms with Crippen molar-refractivity contribution < 1.29 is 14.3 Å². The van der Waals surface area contributed by atoms with E-state index >= 15 is 0 Å². The van der Waals surface area contributed by atoms with Crippen molar-refractivity contribution in [3.63, 3.8) is 0 Å². The molecule has 168 valence electrons. The number of nitrogens with zero attached hydrogens (tertiary/aromatic N) is 1. The zero-order valence-electron chi connectivity index (χ0n) is 18.4. The molecule has 6 heteroatoms. The monoisotopic (exact) mass is 451 g/mol. The van der Waals surface area contributed by atoms with E-state index in [4.69, 9.17) is 0 Å². The number of aromatic nitrogens is 2. The van der Waals surface area contributed by atoms with Crippen LogP contribution in [0, 0.1) is 12.7 Å². The molecule has 0 spiro atoms. The number of amides is 1. The number of aromatic amines is 1. The molecule has 0 saturated heterocycles. The maximum atomic E-state index is 14.1. The molecule has 1 amide bonds. The number of halogens is 1. The SMILES string of the molecule is Cc1cc(C(=O)NC(c2cc3ccccc3[nH]2)c2cc(F)ccc2O)cc(-c2ccccn2)c1. The Morgan fingerprint density at radius 3 is 2.62 bits per heavy atom. The molecule has 34 heavy (non-hydrogen) atoms. The van der Waals surface area contributed by atoms with Crippen LogP contribution in [-0.2, 0) is 0 Å². The summed E-state index contributed by atoms with van der Waals surface area (Å²) in [6.07, 6.45) is 1.70. The van der Waals surface area contributed by atoms with Gasteiger partial charge in [0.05, 0.1) is 11.7 Å². The molecule has 0 aliphatic rings. The maximum absolute atomic E-state index is 14.1. The average molecular weight is 452 g/mol. The van der Waals surface area contributed by atoms with E-state index in [2.05, 4.69) is 15.3 Å². The third-order valence-electron chi connectivity index (χ3n) is 5.74. The minimum Gasteiger partial charge on any atom is -0.508 e. The molecule has 3 N–H and O–H groups in total. The van der Waals surface area contributed by atoms with Crippen LogP contribution in [0.5, 0.6) is 5.75 Å². The molecule has 5 rings (SSSR count). The van der Waals surface area contributed by atoms with Gasteiger partial charge in [-0.25, -0.2) is 4.39 Å². The normalized spacial score (nSPS) is 11.9. The number of benzene rings is 3. The van der Waals surface area contributed by atoms with Gasteiger partial charge in [-0.05, 0) is 78.5 Å². The molecule has 0 saturated carbocycles. The zero-order valence-corrected chi connectivity index (χ0v) is 18.4. The Labute approximate surface area is 195 Å². The van der Waals surface area contributed by atoms with Crippen LogP contribution in [0.2, 0.25) is 0 Å². The molecule has 2 heterocycles. The van der Waals surface area contributed by atoms with Crippen LogP contribution in [-0.4, -0.2) is 21.0 Å². The third-order valence-corrected chi connectivity index (χ3v) is 5.74. The first kappa shape index (κ1) is 21.4. The van der Waals surface area contributed by atoms with Crippen LogP contribution >= 0.6 is 0 Å². The fourth-order valence-corrected chi connectivity index (χ4v) is 4.14. The van der Waals surface area contributed by atoms with Crippen LogP contribution in [0.1, 0.15) is 33.2 Å². The summed E-state index contributed by atoms with van der Waals surface area (Å²) in [4.78, 5) is 21.1. The number of carbonyl (C=O) groups is 1. The van der Waals surface area contributed by atoms with Crippen molar-refractivity contribution >= 4 is 16.8 Å². The Morgan fingerprint density at radius 1 is 1.00 bits per heavy atom. The number of pyridine rings is 1. The molecule has 2 aromatic heterocycles. The Bertz CT molecular complexity index is 1460. The van der Waals surface area contributed by atoms with E-state index < -0.39 is 11.9 Å². The van der Waals surface area contributed by atoms with Crippen molar-refractivity contribution in [2.75, 3.05) is 0 Å². The van der Waals surface area contributed by atoms with Crippen LogP contribution < -0.4 is 5.32 Å². The lowest BCUT2D eigenvalue weighted by atomic mass is 10.00. The smallest absolute Gasteiger partial charge is 0.252 e. The second-order valence-corrected chi connectivity index (χ2v) is 8.22. The minimum absolute atomic E-state index is 0.108. The molecular weight excluding hydrogens is 429 g/mol. The topological polar surface area (TPSA) is 78.0 Å². The summed E-state index contributed by atoms with van der Waals surface area (Å²) in [5.74, 6) is -0.965. The molecule has 0 radical (unpaired) electrons. The first-order valence-corrected chi connectivity index (χ1v) is 10.9. The fourth-order valence-electron chi connectivity index (χ4n) is 4.14. The number of carbonyl (C=O) groups excluding carboxylic acids is 1. The van der Waals surface area contributed by atoms with Gasteiger partial charge in [-0.3, -0.25) is 9.78 Å². The van der Waals surface area contributed by atoms with E-state index in [1.54, 1.807) is 18.3 Å². The summed E-state index contributed by atoms with van der Waals surface area (Å²) < 4.78 is 14.1. The van der Waals surface area contributed by atoms with Gasteiger partial charge in [0.15, 0.2) is 0 Å². The Hall–Kier alpha value is -4.45. The van der Waals surface area contributed by atoms with Gasteiger partial charge in [0.1, 0.15) is 11.6 Å². The quantitative estimate of drug-likeness (QED) is 0.311. The van der Waals surface area contributed by atoms with Crippen molar-refractivity contribution in [2.24, 2.45) is 0 Å². The van der Waals surface area contributed by atoms with Gasteiger partial charge >= 0.3 is 0 Å². The highest BCUT2D eigenvalue weighted by Gasteiger charge is 2.23. The van der Waals surface area contributed by atoms with Gasteiger partial charge in [0, 0.05) is 34.1 Å². The number of nitrogens with one attached hydrogen (secondary N) is 2. The van der Waals surface area contributed by atoms with Gasteiger partial charge in [0.25, 0.3) is 5.91 Å². The number of para-hydroxylation sites is 1. The summed E-state index contributed by atoms with van der Waals surface area (Å²) >= 11 is 0. The zero-order chi connectivity index (χ0) is 23.7. The molecule has 1 atom stereocenters. The van der Waals surface area contributed by atoms with Crippen LogP contribution in [0.4, 0.5) is 4.39 Å². The molecule has 0 aliphatic heterocycles. The summed E-state index contributed by atoms with van der Waals surface area (Å²) in [5, 5.41) is 14.5. The van der Waals surface area contributed by atoms with E-state index in [-0.39, 0.29) is 17.2 Å². The van der Waals surface area contributed by atoms with Gasteiger partial charge < -0.3 is 15.4 Å². The molecule has 0 fully saturated rings. The van der Waals surface area contributed by atoms with Crippen molar-refractivity contribution in [1.82, 2.24) is 15.3 Å². The van der Waals surface area contributed by atoms with E-state index in [0.717, 1.165) is 27.7 Å². The largest absolute Gasteiger partial charge is 0.508 e. The molecule has 3 aromatic carbocycles. The van der Waals surface area contributed by atoms with Crippen molar-refractivity contribution in [2.45, 2.75) is 13.0 Å². The number of phenolic OH excluding ortho intramolecular Hbond substituents is 1. The predicted molar refractivity (Wildman–Crippen MR) is 130 cm³/mol. The number of hydrogen-bond donors (Lipinski definition) is 3. The van der Waals surface area contributed by atoms with Gasteiger partial charge in [0.2, 0.25) is 0 Å². The molecular formula is C28H22FN3O2. The lowest BCUT2D eigenvalue weighted by molar-refractivity contribution is 0.0942. The Morgan fingerprint density at radius 2 is 1.82 bits per heavy atom. The van der Waals surface area contributed by atoms with Crippen LogP contribution in [0.3, 0.4) is 0 Å². The predicted octanol–water partition coefficient (Wildman–Crippen LogP) is 5.90. The summed E-state index contributed by atoms with van der Waals surface area (Å²) in [7, 11) is 0. The lowest BCUT2D eigenvalue weighted by Gasteiger charge is -2.20. The number of hydrogen-bond acceptors (Lipinski definition) is 3. The second-order valence-electron chi connectivity index (χ2n) is 8.22. The number of aryl methyl sites for hydroxylation is 1. The Balaban J connectivity index is 1.56. The number of rotatable bonds is 5. The van der Waals surface area contributed by atoms with Crippen LogP contribution in [0.25, 0.3) is 22.2 Å². The first-order valence-electron chi connectivity index (χ1n) is 10.9. The summed E-state index contributed by atoms with van der Waals surface area (Å²) in [5.41, 5.74) is 4.70. The minimum atomic E-state index is -0.797. The number of fused-ring (bicyclic) bond motifs is 1. The van der Waals surface area contributed by atoms with E-state index in [1.165, 1.54) is 18.2 Å². The first-order chi connectivity index (χ1) is 16.5.